The van der Waals surface area contributed by atoms with E-state index >= 15 is 0 Å². The van der Waals surface area contributed by atoms with E-state index in [9.17, 15) is 4.79 Å². The molecular weight excluding hydrogens is 266 g/mol. The largest absolute Gasteiger partial charge is 0.497 e. The third-order valence-electron chi connectivity index (χ3n) is 3.03. The molecule has 2 aromatic rings. The lowest BCUT2D eigenvalue weighted by Gasteiger charge is -2.04. The van der Waals surface area contributed by atoms with E-state index in [4.69, 9.17) is 9.15 Å². The summed E-state index contributed by atoms with van der Waals surface area (Å²) in [4.78, 5) is 11.7. The van der Waals surface area contributed by atoms with E-state index in [1.165, 1.54) is 6.08 Å². The lowest BCUT2D eigenvalue weighted by Crippen LogP contribution is -2.23. The predicted octanol–water partition coefficient (Wildman–Crippen LogP) is 2.97. The van der Waals surface area contributed by atoms with Crippen LogP contribution in [0.1, 0.15) is 17.1 Å². The standard InChI is InChI=1S/C17H19NO3/c1-13-3-6-16(21-13)9-10-17(19)18-12-11-14-4-7-15(20-2)8-5-14/h3-10H,11-12H2,1-2H3,(H,18,19). The Balaban J connectivity index is 1.74. The first-order valence-electron chi connectivity index (χ1n) is 6.82. The van der Waals surface area contributed by atoms with E-state index in [1.807, 2.05) is 43.3 Å². The van der Waals surface area contributed by atoms with Crippen molar-refractivity contribution >= 4 is 12.0 Å². The maximum absolute atomic E-state index is 11.7. The van der Waals surface area contributed by atoms with Gasteiger partial charge >= 0.3 is 0 Å². The zero-order chi connectivity index (χ0) is 15.1. The van der Waals surface area contributed by atoms with E-state index in [0.29, 0.717) is 12.3 Å². The van der Waals surface area contributed by atoms with E-state index < -0.39 is 0 Å². The molecule has 0 unspecified atom stereocenters. The van der Waals surface area contributed by atoms with E-state index in [2.05, 4.69) is 5.32 Å². The molecule has 4 nitrogen and oxygen atoms in total. The fourth-order valence-electron chi connectivity index (χ4n) is 1.88. The molecule has 0 spiro atoms. The van der Waals surface area contributed by atoms with Crippen LogP contribution in [-0.4, -0.2) is 19.6 Å². The topological polar surface area (TPSA) is 51.5 Å². The van der Waals surface area contributed by atoms with Gasteiger partial charge in [-0.05, 0) is 49.2 Å². The van der Waals surface area contributed by atoms with Gasteiger partial charge in [-0.25, -0.2) is 0 Å². The SMILES string of the molecule is COc1ccc(CCNC(=O)C=Cc2ccc(C)o2)cc1. The molecule has 0 bridgehead atoms. The number of carbonyl (C=O) groups is 1. The second-order valence-corrected chi connectivity index (χ2v) is 4.67. The van der Waals surface area contributed by atoms with Crippen molar-refractivity contribution in [2.24, 2.45) is 0 Å². The van der Waals surface area contributed by atoms with Gasteiger partial charge in [0, 0.05) is 12.6 Å². The van der Waals surface area contributed by atoms with Crippen LogP contribution in [0.25, 0.3) is 6.08 Å². The van der Waals surface area contributed by atoms with Crippen LogP contribution < -0.4 is 10.1 Å². The predicted molar refractivity (Wildman–Crippen MR) is 82.2 cm³/mol. The van der Waals surface area contributed by atoms with E-state index in [-0.39, 0.29) is 5.91 Å². The third-order valence-corrected chi connectivity index (χ3v) is 3.03. The maximum Gasteiger partial charge on any atom is 0.244 e. The Kier molecular flexibility index (Phi) is 5.21. The van der Waals surface area contributed by atoms with Gasteiger partial charge in [0.2, 0.25) is 5.91 Å². The second-order valence-electron chi connectivity index (χ2n) is 4.67. The molecule has 1 amide bonds. The molecule has 0 aliphatic carbocycles. The first-order valence-corrected chi connectivity index (χ1v) is 6.82. The minimum absolute atomic E-state index is 0.127. The molecule has 21 heavy (non-hydrogen) atoms. The van der Waals surface area contributed by atoms with Crippen molar-refractivity contribution in [1.29, 1.82) is 0 Å². The van der Waals surface area contributed by atoms with Crippen molar-refractivity contribution in [3.05, 3.63) is 59.6 Å². The summed E-state index contributed by atoms with van der Waals surface area (Å²) in [6.45, 7) is 2.46. The zero-order valence-corrected chi connectivity index (χ0v) is 12.3. The molecule has 1 aromatic carbocycles. The number of benzene rings is 1. The Bertz CT molecular complexity index is 611. The maximum atomic E-state index is 11.7. The number of nitrogens with one attached hydrogen (secondary N) is 1. The summed E-state index contributed by atoms with van der Waals surface area (Å²) in [5.74, 6) is 2.21. The van der Waals surface area contributed by atoms with Gasteiger partial charge in [0.25, 0.3) is 0 Å². The highest BCUT2D eigenvalue weighted by Crippen LogP contribution is 2.11. The number of aryl methyl sites for hydroxylation is 1. The molecular formula is C17H19NO3. The highest BCUT2D eigenvalue weighted by atomic mass is 16.5. The molecule has 2 rings (SSSR count). The van der Waals surface area contributed by atoms with Gasteiger partial charge in [-0.2, -0.15) is 0 Å². The minimum Gasteiger partial charge on any atom is -0.497 e. The Morgan fingerprint density at radius 3 is 2.62 bits per heavy atom. The molecule has 0 aliphatic rings. The Labute approximate surface area is 124 Å². The number of hydrogen-bond donors (Lipinski definition) is 1. The molecule has 0 fully saturated rings. The molecule has 1 aromatic heterocycles. The van der Waals surface area contributed by atoms with Gasteiger partial charge in [0.05, 0.1) is 7.11 Å². The van der Waals surface area contributed by atoms with Gasteiger partial charge in [-0.1, -0.05) is 12.1 Å². The zero-order valence-electron chi connectivity index (χ0n) is 12.3. The quantitative estimate of drug-likeness (QED) is 0.830. The van der Waals surface area contributed by atoms with Crippen LogP contribution in [0.4, 0.5) is 0 Å². The van der Waals surface area contributed by atoms with Crippen molar-refractivity contribution in [3.8, 4) is 5.75 Å². The van der Waals surface area contributed by atoms with Crippen LogP contribution in [-0.2, 0) is 11.2 Å². The Morgan fingerprint density at radius 1 is 1.24 bits per heavy atom. The normalized spacial score (nSPS) is 10.8. The van der Waals surface area contributed by atoms with Crippen LogP contribution >= 0.6 is 0 Å². The lowest BCUT2D eigenvalue weighted by atomic mass is 10.1. The first-order chi connectivity index (χ1) is 10.2. The van der Waals surface area contributed by atoms with Gasteiger partial charge < -0.3 is 14.5 Å². The van der Waals surface area contributed by atoms with Gasteiger partial charge in [-0.15, -0.1) is 0 Å². The average molecular weight is 285 g/mol. The molecule has 0 saturated heterocycles. The molecule has 1 N–H and O–H groups in total. The number of amides is 1. The van der Waals surface area contributed by atoms with Crippen molar-refractivity contribution in [1.82, 2.24) is 5.32 Å². The summed E-state index contributed by atoms with van der Waals surface area (Å²) in [5, 5.41) is 2.84. The van der Waals surface area contributed by atoms with Crippen LogP contribution in [0.3, 0.4) is 0 Å². The molecule has 0 saturated carbocycles. The number of carbonyl (C=O) groups excluding carboxylic acids is 1. The van der Waals surface area contributed by atoms with Crippen molar-refractivity contribution < 1.29 is 13.9 Å². The number of ether oxygens (including phenoxy) is 1. The summed E-state index contributed by atoms with van der Waals surface area (Å²) in [6, 6.07) is 11.5. The van der Waals surface area contributed by atoms with Gasteiger partial charge in [0.15, 0.2) is 0 Å². The number of furan rings is 1. The molecule has 4 heteroatoms. The smallest absolute Gasteiger partial charge is 0.244 e. The van der Waals surface area contributed by atoms with Crippen LogP contribution in [0, 0.1) is 6.92 Å². The molecule has 0 radical (unpaired) electrons. The highest BCUT2D eigenvalue weighted by molar-refractivity contribution is 5.91. The number of hydrogen-bond acceptors (Lipinski definition) is 3. The summed E-state index contributed by atoms with van der Waals surface area (Å²) < 4.78 is 10.5. The van der Waals surface area contributed by atoms with Crippen LogP contribution in [0.2, 0.25) is 0 Å². The van der Waals surface area contributed by atoms with E-state index in [0.717, 1.165) is 23.5 Å². The van der Waals surface area contributed by atoms with Gasteiger partial charge in [0.1, 0.15) is 17.3 Å². The molecule has 0 aliphatic heterocycles. The molecule has 0 atom stereocenters. The van der Waals surface area contributed by atoms with Crippen molar-refractivity contribution in [2.45, 2.75) is 13.3 Å². The number of rotatable bonds is 6. The van der Waals surface area contributed by atoms with E-state index in [1.54, 1.807) is 13.2 Å². The lowest BCUT2D eigenvalue weighted by molar-refractivity contribution is -0.116. The van der Waals surface area contributed by atoms with Crippen LogP contribution in [0.5, 0.6) is 5.75 Å². The first kappa shape index (κ1) is 14.9. The Hall–Kier alpha value is -2.49. The molecule has 1 heterocycles. The van der Waals surface area contributed by atoms with Crippen LogP contribution in [0.15, 0.2) is 46.9 Å². The summed E-state index contributed by atoms with van der Waals surface area (Å²) >= 11 is 0. The monoisotopic (exact) mass is 285 g/mol. The fourth-order valence-corrected chi connectivity index (χ4v) is 1.88. The fraction of sp³-hybridized carbons (Fsp3) is 0.235. The summed E-state index contributed by atoms with van der Waals surface area (Å²) in [6.07, 6.45) is 3.92. The summed E-state index contributed by atoms with van der Waals surface area (Å²) in [7, 11) is 1.64. The average Bonchev–Trinajstić information content (AvgIpc) is 2.91. The third kappa shape index (κ3) is 4.84. The highest BCUT2D eigenvalue weighted by Gasteiger charge is 1.99. The van der Waals surface area contributed by atoms with Crippen molar-refractivity contribution in [3.63, 3.8) is 0 Å². The minimum atomic E-state index is -0.127. The summed E-state index contributed by atoms with van der Waals surface area (Å²) in [5.41, 5.74) is 1.15. The van der Waals surface area contributed by atoms with Gasteiger partial charge in [-0.3, -0.25) is 4.79 Å². The van der Waals surface area contributed by atoms with Crippen molar-refractivity contribution in [2.75, 3.05) is 13.7 Å². The molecule has 110 valence electrons. The Morgan fingerprint density at radius 2 is 2.00 bits per heavy atom. The number of methoxy groups -OCH3 is 1. The second kappa shape index (κ2) is 7.33.